The minimum absolute atomic E-state index is 0.153. The maximum Gasteiger partial charge on any atom is 0.347 e. The Morgan fingerprint density at radius 2 is 1.67 bits per heavy atom. The summed E-state index contributed by atoms with van der Waals surface area (Å²) in [5.74, 6) is -0.978. The van der Waals surface area contributed by atoms with Gasteiger partial charge < -0.3 is 9.47 Å². The first-order valence-electron chi connectivity index (χ1n) is 11.9. The van der Waals surface area contributed by atoms with Gasteiger partial charge in [-0.25, -0.2) is 9.18 Å². The topological polar surface area (TPSA) is 52.6 Å². The van der Waals surface area contributed by atoms with Gasteiger partial charge in [-0.2, -0.15) is 0 Å². The van der Waals surface area contributed by atoms with E-state index >= 15 is 0 Å². The molecule has 3 rings (SSSR count). The van der Waals surface area contributed by atoms with E-state index < -0.39 is 29.8 Å². The summed E-state index contributed by atoms with van der Waals surface area (Å²) < 4.78 is 25.9. The van der Waals surface area contributed by atoms with Gasteiger partial charge in [0.25, 0.3) is 0 Å². The second-order valence-electron chi connectivity index (χ2n) is 9.71. The van der Waals surface area contributed by atoms with E-state index in [4.69, 9.17) is 9.47 Å². The van der Waals surface area contributed by atoms with Crippen molar-refractivity contribution in [1.82, 2.24) is 0 Å². The Morgan fingerprint density at radius 3 is 2.30 bits per heavy atom. The summed E-state index contributed by atoms with van der Waals surface area (Å²) in [6, 6.07) is 14.0. The zero-order valence-electron chi connectivity index (χ0n) is 20.2. The van der Waals surface area contributed by atoms with Crippen LogP contribution in [0.3, 0.4) is 0 Å². The normalized spacial score (nSPS) is 22.5. The Bertz CT molecular complexity index is 956. The molecule has 0 spiro atoms. The number of hydrogen-bond donors (Lipinski definition) is 0. The van der Waals surface area contributed by atoms with Crippen LogP contribution in [-0.2, 0) is 19.1 Å². The fourth-order valence-electron chi connectivity index (χ4n) is 4.61. The van der Waals surface area contributed by atoms with Gasteiger partial charge in [0.1, 0.15) is 11.9 Å². The molecule has 0 radical (unpaired) electrons. The van der Waals surface area contributed by atoms with E-state index in [0.29, 0.717) is 28.9 Å². The Balaban J connectivity index is 1.62. The van der Waals surface area contributed by atoms with Gasteiger partial charge in [0.2, 0.25) is 0 Å². The number of carbonyl (C=O) groups excluding carboxylic acids is 2. The molecule has 0 bridgehead atoms. The highest BCUT2D eigenvalue weighted by Gasteiger charge is 2.35. The summed E-state index contributed by atoms with van der Waals surface area (Å²) in [4.78, 5) is 25.4. The number of halogens is 1. The van der Waals surface area contributed by atoms with Crippen LogP contribution in [0.5, 0.6) is 0 Å². The minimum Gasteiger partial charge on any atom is -0.459 e. The van der Waals surface area contributed by atoms with E-state index in [2.05, 4.69) is 20.8 Å². The third-order valence-corrected chi connectivity index (χ3v) is 6.79. The molecule has 2 aromatic rings. The zero-order chi connectivity index (χ0) is 24.1. The molecule has 1 aliphatic carbocycles. The van der Waals surface area contributed by atoms with Crippen LogP contribution in [0.15, 0.2) is 48.5 Å². The van der Waals surface area contributed by atoms with Crippen molar-refractivity contribution in [2.75, 3.05) is 0 Å². The van der Waals surface area contributed by atoms with Crippen molar-refractivity contribution in [2.45, 2.75) is 72.0 Å². The van der Waals surface area contributed by atoms with Crippen molar-refractivity contribution in [3.8, 4) is 11.1 Å². The molecule has 1 saturated carbocycles. The van der Waals surface area contributed by atoms with Crippen molar-refractivity contribution < 1.29 is 23.5 Å². The zero-order valence-corrected chi connectivity index (χ0v) is 20.2. The second kappa shape index (κ2) is 11.0. The van der Waals surface area contributed by atoms with Crippen LogP contribution in [0.2, 0.25) is 0 Å². The van der Waals surface area contributed by atoms with Crippen LogP contribution in [0.1, 0.15) is 65.4 Å². The van der Waals surface area contributed by atoms with Gasteiger partial charge in [-0.05, 0) is 61.6 Å². The fourth-order valence-corrected chi connectivity index (χ4v) is 4.61. The first-order chi connectivity index (χ1) is 15.7. The molecule has 2 aromatic carbocycles. The summed E-state index contributed by atoms with van der Waals surface area (Å²) in [6.07, 6.45) is 1.84. The Labute approximate surface area is 196 Å². The van der Waals surface area contributed by atoms with Gasteiger partial charge in [0.15, 0.2) is 6.10 Å². The van der Waals surface area contributed by atoms with Crippen molar-refractivity contribution in [3.05, 3.63) is 59.9 Å². The maximum atomic E-state index is 14.7. The first kappa shape index (κ1) is 24.9. The molecular weight excluding hydrogens is 419 g/mol. The van der Waals surface area contributed by atoms with Gasteiger partial charge in [-0.3, -0.25) is 4.79 Å². The van der Waals surface area contributed by atoms with Gasteiger partial charge in [-0.1, -0.05) is 69.7 Å². The Hall–Kier alpha value is -2.69. The van der Waals surface area contributed by atoms with E-state index in [0.717, 1.165) is 24.8 Å². The summed E-state index contributed by atoms with van der Waals surface area (Å²) >= 11 is 0. The van der Waals surface area contributed by atoms with Crippen LogP contribution in [0.25, 0.3) is 11.1 Å². The number of esters is 2. The lowest BCUT2D eigenvalue weighted by molar-refractivity contribution is -0.175. The van der Waals surface area contributed by atoms with Crippen LogP contribution in [0.4, 0.5) is 4.39 Å². The summed E-state index contributed by atoms with van der Waals surface area (Å²) in [6.45, 7) is 9.64. The lowest BCUT2D eigenvalue weighted by Crippen LogP contribution is -2.39. The van der Waals surface area contributed by atoms with E-state index in [1.807, 2.05) is 30.3 Å². The quantitative estimate of drug-likeness (QED) is 0.446. The molecule has 0 aliphatic heterocycles. The number of benzene rings is 2. The third-order valence-electron chi connectivity index (χ3n) is 6.79. The van der Waals surface area contributed by atoms with E-state index in [1.165, 1.54) is 13.0 Å². The Morgan fingerprint density at radius 1 is 0.970 bits per heavy atom. The molecule has 33 heavy (non-hydrogen) atoms. The van der Waals surface area contributed by atoms with Gasteiger partial charge >= 0.3 is 11.9 Å². The van der Waals surface area contributed by atoms with Gasteiger partial charge in [0, 0.05) is 5.56 Å². The SMILES string of the molecule is CC(C(=O)O[C@H](C)C(=O)O[C@@H]1C[C@H](C)CC[C@H]1C(C)C)c1ccc(-c2ccccc2)c(F)c1. The average Bonchev–Trinajstić information content (AvgIpc) is 2.78. The smallest absolute Gasteiger partial charge is 0.347 e. The van der Waals surface area contributed by atoms with Gasteiger partial charge in [-0.15, -0.1) is 0 Å². The molecule has 1 unspecified atom stereocenters. The monoisotopic (exact) mass is 454 g/mol. The Kier molecular flexibility index (Phi) is 8.28. The van der Waals surface area contributed by atoms with E-state index in [1.54, 1.807) is 19.1 Å². The van der Waals surface area contributed by atoms with Crippen LogP contribution < -0.4 is 0 Å². The summed E-state index contributed by atoms with van der Waals surface area (Å²) in [5.41, 5.74) is 1.74. The highest BCUT2D eigenvalue weighted by Crippen LogP contribution is 2.35. The second-order valence-corrected chi connectivity index (χ2v) is 9.71. The van der Waals surface area contributed by atoms with Crippen molar-refractivity contribution in [2.24, 2.45) is 17.8 Å². The van der Waals surface area contributed by atoms with Crippen LogP contribution in [0, 0.1) is 23.6 Å². The molecular formula is C28H35FO4. The molecule has 0 amide bonds. The molecule has 5 heteroatoms. The molecule has 0 N–H and O–H groups in total. The van der Waals surface area contributed by atoms with Crippen LogP contribution in [-0.4, -0.2) is 24.1 Å². The first-order valence-corrected chi connectivity index (χ1v) is 11.9. The van der Waals surface area contributed by atoms with Gasteiger partial charge in [0.05, 0.1) is 5.92 Å². The molecule has 0 heterocycles. The largest absolute Gasteiger partial charge is 0.459 e. The van der Waals surface area contributed by atoms with Crippen LogP contribution >= 0.6 is 0 Å². The van der Waals surface area contributed by atoms with E-state index in [9.17, 15) is 14.0 Å². The molecule has 4 nitrogen and oxygen atoms in total. The number of carbonyl (C=O) groups is 2. The standard InChI is InChI=1S/C28H35FO4/c1-17(2)23-13-11-18(3)15-26(23)33-28(31)20(5)32-27(30)19(4)22-12-14-24(25(29)16-22)21-9-7-6-8-10-21/h6-10,12,14,16-20,23,26H,11,13,15H2,1-5H3/t18-,19?,20-,23+,26-/m1/s1. The molecule has 0 saturated heterocycles. The minimum atomic E-state index is -1.02. The maximum absolute atomic E-state index is 14.7. The molecule has 5 atom stereocenters. The van der Waals surface area contributed by atoms with E-state index in [-0.39, 0.29) is 6.10 Å². The van der Waals surface area contributed by atoms with Crippen molar-refractivity contribution in [3.63, 3.8) is 0 Å². The lowest BCUT2D eigenvalue weighted by atomic mass is 9.75. The number of ether oxygens (including phenoxy) is 2. The number of rotatable bonds is 7. The third kappa shape index (κ3) is 6.21. The molecule has 0 aromatic heterocycles. The summed E-state index contributed by atoms with van der Waals surface area (Å²) in [7, 11) is 0. The van der Waals surface area contributed by atoms with Crippen molar-refractivity contribution in [1.29, 1.82) is 0 Å². The van der Waals surface area contributed by atoms with Crippen molar-refractivity contribution >= 4 is 11.9 Å². The predicted octanol–water partition coefficient (Wildman–Crippen LogP) is 6.53. The highest BCUT2D eigenvalue weighted by atomic mass is 19.1. The lowest BCUT2D eigenvalue weighted by Gasteiger charge is -2.37. The average molecular weight is 455 g/mol. The fraction of sp³-hybridized carbons (Fsp3) is 0.500. The number of hydrogen-bond acceptors (Lipinski definition) is 4. The predicted molar refractivity (Wildman–Crippen MR) is 127 cm³/mol. The highest BCUT2D eigenvalue weighted by molar-refractivity contribution is 5.83. The molecule has 1 fully saturated rings. The molecule has 178 valence electrons. The summed E-state index contributed by atoms with van der Waals surface area (Å²) in [5, 5.41) is 0. The molecule has 1 aliphatic rings.